The molecule has 0 spiro atoms. The molecule has 1 aliphatic rings. The molecule has 1 saturated carbocycles. The fraction of sp³-hybridized carbons (Fsp3) is 0.462. The van der Waals surface area contributed by atoms with E-state index < -0.39 is 0 Å². The SMILES string of the molecule is NCc1ccc(C(=O)OC2CCCC2)cc1. The smallest absolute Gasteiger partial charge is 0.338 e. The Morgan fingerprint density at radius 3 is 2.44 bits per heavy atom. The van der Waals surface area contributed by atoms with Gasteiger partial charge in [-0.25, -0.2) is 4.79 Å². The molecule has 1 aromatic rings. The molecule has 0 unspecified atom stereocenters. The first-order valence-corrected chi connectivity index (χ1v) is 5.79. The van der Waals surface area contributed by atoms with Gasteiger partial charge < -0.3 is 10.5 Å². The lowest BCUT2D eigenvalue weighted by Crippen LogP contribution is -2.14. The highest BCUT2D eigenvalue weighted by Crippen LogP contribution is 2.22. The molecule has 1 aromatic carbocycles. The van der Waals surface area contributed by atoms with E-state index in [1.807, 2.05) is 12.1 Å². The van der Waals surface area contributed by atoms with Crippen LogP contribution in [0.2, 0.25) is 0 Å². The van der Waals surface area contributed by atoms with E-state index in [-0.39, 0.29) is 12.1 Å². The van der Waals surface area contributed by atoms with Crippen molar-refractivity contribution < 1.29 is 9.53 Å². The topological polar surface area (TPSA) is 52.3 Å². The summed E-state index contributed by atoms with van der Waals surface area (Å²) in [6.07, 6.45) is 4.48. The summed E-state index contributed by atoms with van der Waals surface area (Å²) in [6.45, 7) is 0.498. The number of rotatable bonds is 3. The quantitative estimate of drug-likeness (QED) is 0.793. The van der Waals surface area contributed by atoms with Crippen LogP contribution in [0.15, 0.2) is 24.3 Å². The Kier molecular flexibility index (Phi) is 3.57. The first-order valence-electron chi connectivity index (χ1n) is 5.79. The molecule has 3 heteroatoms. The van der Waals surface area contributed by atoms with Crippen LogP contribution < -0.4 is 5.73 Å². The number of carbonyl (C=O) groups excluding carboxylic acids is 1. The third-order valence-electron chi connectivity index (χ3n) is 3.00. The van der Waals surface area contributed by atoms with E-state index in [4.69, 9.17) is 10.5 Å². The van der Waals surface area contributed by atoms with Gasteiger partial charge in [0.1, 0.15) is 6.10 Å². The molecule has 86 valence electrons. The van der Waals surface area contributed by atoms with Crippen LogP contribution in [0.4, 0.5) is 0 Å². The Labute approximate surface area is 95.6 Å². The number of esters is 1. The molecular weight excluding hydrogens is 202 g/mol. The summed E-state index contributed by atoms with van der Waals surface area (Å²) in [7, 11) is 0. The highest BCUT2D eigenvalue weighted by atomic mass is 16.5. The van der Waals surface area contributed by atoms with Gasteiger partial charge in [0.25, 0.3) is 0 Å². The first-order chi connectivity index (χ1) is 7.79. The standard InChI is InChI=1S/C13H17NO2/c14-9-10-5-7-11(8-6-10)13(15)16-12-3-1-2-4-12/h5-8,12H,1-4,9,14H2. The lowest BCUT2D eigenvalue weighted by molar-refractivity contribution is 0.0318. The second-order valence-electron chi connectivity index (χ2n) is 4.21. The molecular formula is C13H17NO2. The lowest BCUT2D eigenvalue weighted by Gasteiger charge is -2.11. The van der Waals surface area contributed by atoms with Crippen molar-refractivity contribution in [2.45, 2.75) is 38.3 Å². The van der Waals surface area contributed by atoms with E-state index >= 15 is 0 Å². The lowest BCUT2D eigenvalue weighted by atomic mass is 10.1. The summed E-state index contributed by atoms with van der Waals surface area (Å²) in [5, 5.41) is 0. The van der Waals surface area contributed by atoms with Gasteiger partial charge in [0.15, 0.2) is 0 Å². The zero-order chi connectivity index (χ0) is 11.4. The average Bonchev–Trinajstić information content (AvgIpc) is 2.82. The molecule has 2 rings (SSSR count). The fourth-order valence-electron chi connectivity index (χ4n) is 2.00. The molecule has 0 radical (unpaired) electrons. The van der Waals surface area contributed by atoms with Crippen LogP contribution in [-0.4, -0.2) is 12.1 Å². The Morgan fingerprint density at radius 1 is 1.25 bits per heavy atom. The molecule has 0 amide bonds. The van der Waals surface area contributed by atoms with Crippen LogP contribution in [0.3, 0.4) is 0 Å². The van der Waals surface area contributed by atoms with Gasteiger partial charge in [-0.05, 0) is 43.4 Å². The van der Waals surface area contributed by atoms with E-state index in [1.54, 1.807) is 12.1 Å². The van der Waals surface area contributed by atoms with Gasteiger partial charge in [0.05, 0.1) is 5.56 Å². The van der Waals surface area contributed by atoms with Gasteiger partial charge in [-0.15, -0.1) is 0 Å². The number of ether oxygens (including phenoxy) is 1. The average molecular weight is 219 g/mol. The highest BCUT2D eigenvalue weighted by molar-refractivity contribution is 5.89. The first kappa shape index (κ1) is 11.1. The number of nitrogens with two attached hydrogens (primary N) is 1. The summed E-state index contributed by atoms with van der Waals surface area (Å²) in [5.41, 5.74) is 7.13. The molecule has 0 heterocycles. The maximum absolute atomic E-state index is 11.7. The Hall–Kier alpha value is -1.35. The van der Waals surface area contributed by atoms with E-state index in [0.29, 0.717) is 12.1 Å². The van der Waals surface area contributed by atoms with Crippen LogP contribution in [0.1, 0.15) is 41.6 Å². The third kappa shape index (κ3) is 2.61. The van der Waals surface area contributed by atoms with Gasteiger partial charge in [-0.2, -0.15) is 0 Å². The third-order valence-corrected chi connectivity index (χ3v) is 3.00. The zero-order valence-electron chi connectivity index (χ0n) is 9.32. The minimum atomic E-state index is -0.213. The Morgan fingerprint density at radius 2 is 1.88 bits per heavy atom. The molecule has 0 aliphatic heterocycles. The van der Waals surface area contributed by atoms with E-state index in [2.05, 4.69) is 0 Å². The van der Waals surface area contributed by atoms with Crippen molar-refractivity contribution in [2.24, 2.45) is 5.73 Å². The second kappa shape index (κ2) is 5.12. The van der Waals surface area contributed by atoms with Gasteiger partial charge >= 0.3 is 5.97 Å². The number of carbonyl (C=O) groups is 1. The van der Waals surface area contributed by atoms with Crippen molar-refractivity contribution in [3.63, 3.8) is 0 Å². The van der Waals surface area contributed by atoms with E-state index in [9.17, 15) is 4.79 Å². The molecule has 0 saturated heterocycles. The van der Waals surface area contributed by atoms with E-state index in [1.165, 1.54) is 12.8 Å². The maximum Gasteiger partial charge on any atom is 0.338 e. The maximum atomic E-state index is 11.7. The molecule has 3 nitrogen and oxygen atoms in total. The molecule has 2 N–H and O–H groups in total. The summed E-state index contributed by atoms with van der Waals surface area (Å²) in [5.74, 6) is -0.213. The van der Waals surface area contributed by atoms with Gasteiger partial charge in [0.2, 0.25) is 0 Å². The van der Waals surface area contributed by atoms with Gasteiger partial charge in [-0.1, -0.05) is 12.1 Å². The summed E-state index contributed by atoms with van der Waals surface area (Å²) in [6, 6.07) is 7.29. The Balaban J connectivity index is 1.97. The van der Waals surface area contributed by atoms with Crippen LogP contribution >= 0.6 is 0 Å². The molecule has 1 aliphatic carbocycles. The van der Waals surface area contributed by atoms with Crippen LogP contribution in [0, 0.1) is 0 Å². The molecule has 0 aromatic heterocycles. The van der Waals surface area contributed by atoms with Crippen molar-refractivity contribution in [3.8, 4) is 0 Å². The Bertz CT molecular complexity index is 353. The monoisotopic (exact) mass is 219 g/mol. The summed E-state index contributed by atoms with van der Waals surface area (Å²) >= 11 is 0. The molecule has 0 bridgehead atoms. The minimum absolute atomic E-state index is 0.127. The predicted octanol–water partition coefficient (Wildman–Crippen LogP) is 2.24. The fourth-order valence-corrected chi connectivity index (χ4v) is 2.00. The van der Waals surface area contributed by atoms with Gasteiger partial charge in [0, 0.05) is 6.54 Å². The van der Waals surface area contributed by atoms with Crippen molar-refractivity contribution >= 4 is 5.97 Å². The van der Waals surface area contributed by atoms with Crippen molar-refractivity contribution in [2.75, 3.05) is 0 Å². The summed E-state index contributed by atoms with van der Waals surface area (Å²) < 4.78 is 5.40. The normalized spacial score (nSPS) is 16.3. The summed E-state index contributed by atoms with van der Waals surface area (Å²) in [4.78, 5) is 11.7. The van der Waals surface area contributed by atoms with Crippen molar-refractivity contribution in [3.05, 3.63) is 35.4 Å². The molecule has 1 fully saturated rings. The molecule has 16 heavy (non-hydrogen) atoms. The largest absolute Gasteiger partial charge is 0.459 e. The van der Waals surface area contributed by atoms with Crippen LogP contribution in [0.25, 0.3) is 0 Å². The molecule has 0 atom stereocenters. The highest BCUT2D eigenvalue weighted by Gasteiger charge is 2.19. The van der Waals surface area contributed by atoms with E-state index in [0.717, 1.165) is 18.4 Å². The van der Waals surface area contributed by atoms with Crippen molar-refractivity contribution in [1.82, 2.24) is 0 Å². The number of benzene rings is 1. The van der Waals surface area contributed by atoms with Crippen LogP contribution in [0.5, 0.6) is 0 Å². The number of hydrogen-bond donors (Lipinski definition) is 1. The second-order valence-corrected chi connectivity index (χ2v) is 4.21. The zero-order valence-corrected chi connectivity index (χ0v) is 9.32. The van der Waals surface area contributed by atoms with Crippen LogP contribution in [-0.2, 0) is 11.3 Å². The predicted molar refractivity (Wildman–Crippen MR) is 62.0 cm³/mol. The minimum Gasteiger partial charge on any atom is -0.459 e. The number of hydrogen-bond acceptors (Lipinski definition) is 3. The van der Waals surface area contributed by atoms with Gasteiger partial charge in [-0.3, -0.25) is 0 Å². The van der Waals surface area contributed by atoms with Crippen molar-refractivity contribution in [1.29, 1.82) is 0 Å².